The van der Waals surface area contributed by atoms with Crippen molar-refractivity contribution >= 4 is 34.5 Å². The Bertz CT molecular complexity index is 1470. The fourth-order valence-corrected chi connectivity index (χ4v) is 4.03. The Labute approximate surface area is 207 Å². The van der Waals surface area contributed by atoms with Gasteiger partial charge in [-0.15, -0.1) is 14.8 Å². The lowest BCUT2D eigenvalue weighted by atomic mass is 9.99. The number of carbonyl (C=O) groups is 2. The van der Waals surface area contributed by atoms with Gasteiger partial charge in [0.25, 0.3) is 0 Å². The Morgan fingerprint density at radius 2 is 1.92 bits per heavy atom. The first-order valence-corrected chi connectivity index (χ1v) is 11.5. The van der Waals surface area contributed by atoms with Crippen LogP contribution in [0.15, 0.2) is 61.4 Å². The number of fused-ring (bicyclic) bond motifs is 1. The first kappa shape index (κ1) is 23.0. The van der Waals surface area contributed by atoms with Crippen LogP contribution in [0.4, 0.5) is 17.2 Å². The van der Waals surface area contributed by atoms with Gasteiger partial charge in [-0.3, -0.25) is 9.59 Å². The third kappa shape index (κ3) is 4.61. The van der Waals surface area contributed by atoms with Gasteiger partial charge in [-0.05, 0) is 54.7 Å². The van der Waals surface area contributed by atoms with Gasteiger partial charge in [0.05, 0.1) is 12.8 Å². The molecule has 0 aliphatic heterocycles. The van der Waals surface area contributed by atoms with E-state index in [0.29, 0.717) is 46.2 Å². The van der Waals surface area contributed by atoms with E-state index in [1.807, 2.05) is 24.3 Å². The number of anilines is 3. The molecule has 1 aliphatic rings. The number of carbonyl (C=O) groups excluding carboxylic acids is 2. The minimum absolute atomic E-state index is 0.0264. The van der Waals surface area contributed by atoms with Crippen molar-refractivity contribution < 1.29 is 14.3 Å². The number of amides is 2. The molecule has 2 aromatic carbocycles. The van der Waals surface area contributed by atoms with E-state index in [1.165, 1.54) is 17.0 Å². The maximum Gasteiger partial charge on any atom is 0.247 e. The third-order valence-corrected chi connectivity index (χ3v) is 6.02. The van der Waals surface area contributed by atoms with Crippen LogP contribution in [-0.2, 0) is 9.59 Å². The highest BCUT2D eigenvalue weighted by Gasteiger charge is 2.25. The van der Waals surface area contributed by atoms with Crippen LogP contribution in [0.3, 0.4) is 0 Å². The van der Waals surface area contributed by atoms with Crippen LogP contribution >= 0.6 is 0 Å². The zero-order valence-corrected chi connectivity index (χ0v) is 19.7. The lowest BCUT2D eigenvalue weighted by molar-refractivity contribution is -0.116. The molecule has 0 atom stereocenters. The Hall–Kier alpha value is -4.73. The molecule has 0 saturated heterocycles. The average Bonchev–Trinajstić information content (AvgIpc) is 3.60. The quantitative estimate of drug-likeness (QED) is 0.323. The average molecular weight is 484 g/mol. The standard InChI is InChI=1S/C26H25N7O3/c1-3-21(34)30-18-9-6-16(7-10-18)24-23(25-26(27)28-14-29-33(25)32-24)17-8-11-19(20(13-17)36-2)31-22(35)12-15-4-5-15/h3,6-11,13-15H,1,4-5,12H2,2H3,(H,30,34)(H,31,35)(H2,27,28,29). The molecule has 5 rings (SSSR count). The Morgan fingerprint density at radius 3 is 2.61 bits per heavy atom. The molecule has 0 spiro atoms. The van der Waals surface area contributed by atoms with E-state index >= 15 is 0 Å². The second-order valence-corrected chi connectivity index (χ2v) is 8.59. The number of rotatable bonds is 8. The number of methoxy groups -OCH3 is 1. The number of nitrogen functional groups attached to an aromatic ring is 1. The van der Waals surface area contributed by atoms with Crippen LogP contribution in [0.25, 0.3) is 27.9 Å². The molecule has 0 radical (unpaired) electrons. The first-order chi connectivity index (χ1) is 17.5. The van der Waals surface area contributed by atoms with Gasteiger partial charge >= 0.3 is 0 Å². The van der Waals surface area contributed by atoms with Crippen LogP contribution < -0.4 is 21.1 Å². The second-order valence-electron chi connectivity index (χ2n) is 8.59. The molecule has 36 heavy (non-hydrogen) atoms. The van der Waals surface area contributed by atoms with Gasteiger partial charge in [0, 0.05) is 23.2 Å². The largest absolute Gasteiger partial charge is 0.495 e. The highest BCUT2D eigenvalue weighted by Crippen LogP contribution is 2.40. The highest BCUT2D eigenvalue weighted by atomic mass is 16.5. The summed E-state index contributed by atoms with van der Waals surface area (Å²) in [5, 5.41) is 14.6. The molecule has 10 heteroatoms. The smallest absolute Gasteiger partial charge is 0.247 e. The molecule has 2 heterocycles. The topological polar surface area (TPSA) is 137 Å². The van der Waals surface area contributed by atoms with Crippen molar-refractivity contribution in [1.82, 2.24) is 19.8 Å². The zero-order chi connectivity index (χ0) is 25.2. The summed E-state index contributed by atoms with van der Waals surface area (Å²) in [4.78, 5) is 28.2. The van der Waals surface area contributed by atoms with Crippen LogP contribution in [0.1, 0.15) is 19.3 Å². The van der Waals surface area contributed by atoms with E-state index in [9.17, 15) is 9.59 Å². The van der Waals surface area contributed by atoms with Gasteiger partial charge in [0.2, 0.25) is 11.8 Å². The molecule has 1 saturated carbocycles. The molecule has 1 fully saturated rings. The van der Waals surface area contributed by atoms with Crippen molar-refractivity contribution in [3.8, 4) is 28.1 Å². The van der Waals surface area contributed by atoms with E-state index in [-0.39, 0.29) is 17.6 Å². The predicted octanol–water partition coefficient (Wildman–Crippen LogP) is 3.91. The molecule has 0 bridgehead atoms. The van der Waals surface area contributed by atoms with Gasteiger partial charge in [-0.1, -0.05) is 24.8 Å². The Balaban J connectivity index is 1.57. The number of nitrogens with one attached hydrogen (secondary N) is 2. The Kier molecular flexibility index (Phi) is 6.07. The SMILES string of the molecule is C=CC(=O)Nc1ccc(-c2nn3ncnc(N)c3c2-c2ccc(NC(=O)CC3CC3)c(OC)c2)cc1. The summed E-state index contributed by atoms with van der Waals surface area (Å²) in [6.45, 7) is 3.47. The molecule has 4 aromatic rings. The molecule has 10 nitrogen and oxygen atoms in total. The van der Waals surface area contributed by atoms with Crippen LogP contribution in [-0.4, -0.2) is 38.7 Å². The van der Waals surface area contributed by atoms with E-state index < -0.39 is 0 Å². The minimum Gasteiger partial charge on any atom is -0.495 e. The molecule has 4 N–H and O–H groups in total. The van der Waals surface area contributed by atoms with Crippen molar-refractivity contribution in [2.24, 2.45) is 5.92 Å². The number of ether oxygens (including phenoxy) is 1. The van der Waals surface area contributed by atoms with Crippen LogP contribution in [0, 0.1) is 5.92 Å². The second kappa shape index (κ2) is 9.49. The van der Waals surface area contributed by atoms with E-state index in [0.717, 1.165) is 24.0 Å². The molecule has 2 amide bonds. The van der Waals surface area contributed by atoms with Crippen molar-refractivity contribution in [2.45, 2.75) is 19.3 Å². The van der Waals surface area contributed by atoms with Gasteiger partial charge < -0.3 is 21.1 Å². The van der Waals surface area contributed by atoms with E-state index in [1.54, 1.807) is 25.3 Å². The Morgan fingerprint density at radius 1 is 1.17 bits per heavy atom. The predicted molar refractivity (Wildman–Crippen MR) is 137 cm³/mol. The normalized spacial score (nSPS) is 12.8. The maximum atomic E-state index is 12.4. The molecule has 182 valence electrons. The first-order valence-electron chi connectivity index (χ1n) is 11.5. The zero-order valence-electron chi connectivity index (χ0n) is 19.7. The number of hydrogen-bond acceptors (Lipinski definition) is 7. The van der Waals surface area contributed by atoms with Crippen molar-refractivity contribution in [1.29, 1.82) is 0 Å². The van der Waals surface area contributed by atoms with Gasteiger partial charge in [0.15, 0.2) is 5.82 Å². The summed E-state index contributed by atoms with van der Waals surface area (Å²) >= 11 is 0. The number of hydrogen-bond donors (Lipinski definition) is 3. The third-order valence-electron chi connectivity index (χ3n) is 6.02. The van der Waals surface area contributed by atoms with E-state index in [4.69, 9.17) is 10.5 Å². The van der Waals surface area contributed by atoms with Crippen molar-refractivity contribution in [3.63, 3.8) is 0 Å². The fourth-order valence-electron chi connectivity index (χ4n) is 4.03. The fraction of sp³-hybridized carbons (Fsp3) is 0.192. The number of nitrogens with two attached hydrogens (primary N) is 1. The lowest BCUT2D eigenvalue weighted by Crippen LogP contribution is -2.12. The van der Waals surface area contributed by atoms with Gasteiger partial charge in [-0.25, -0.2) is 4.98 Å². The maximum absolute atomic E-state index is 12.4. The van der Waals surface area contributed by atoms with Crippen molar-refractivity contribution in [2.75, 3.05) is 23.5 Å². The summed E-state index contributed by atoms with van der Waals surface area (Å²) in [7, 11) is 1.56. The van der Waals surface area contributed by atoms with Gasteiger partial charge in [-0.2, -0.15) is 0 Å². The van der Waals surface area contributed by atoms with Crippen LogP contribution in [0.2, 0.25) is 0 Å². The van der Waals surface area contributed by atoms with Gasteiger partial charge in [0.1, 0.15) is 23.3 Å². The highest BCUT2D eigenvalue weighted by molar-refractivity contribution is 6.00. The number of nitrogens with zero attached hydrogens (tertiary/aromatic N) is 4. The number of aromatic nitrogens is 4. The monoisotopic (exact) mass is 483 g/mol. The molecular formula is C26H25N7O3. The van der Waals surface area contributed by atoms with Crippen molar-refractivity contribution in [3.05, 3.63) is 61.4 Å². The molecule has 2 aromatic heterocycles. The summed E-state index contributed by atoms with van der Waals surface area (Å²) in [5.41, 5.74) is 10.9. The lowest BCUT2D eigenvalue weighted by Gasteiger charge is -2.13. The summed E-state index contributed by atoms with van der Waals surface area (Å²) in [5.74, 6) is 0.947. The van der Waals surface area contributed by atoms with Crippen LogP contribution in [0.5, 0.6) is 5.75 Å². The summed E-state index contributed by atoms with van der Waals surface area (Å²) in [6, 6.07) is 12.8. The molecule has 1 aliphatic carbocycles. The summed E-state index contributed by atoms with van der Waals surface area (Å²) < 4.78 is 7.05. The number of benzene rings is 2. The molecule has 0 unspecified atom stereocenters. The van der Waals surface area contributed by atoms with E-state index in [2.05, 4.69) is 32.4 Å². The molecular weight excluding hydrogens is 458 g/mol. The minimum atomic E-state index is -0.296. The summed E-state index contributed by atoms with van der Waals surface area (Å²) in [6.07, 6.45) is 5.27.